The molecule has 118 valence electrons. The van der Waals surface area contributed by atoms with Gasteiger partial charge in [0.2, 0.25) is 12.6 Å². The normalized spacial score (nSPS) is 12.3. The third-order valence-corrected chi connectivity index (χ3v) is 4.83. The van der Waals surface area contributed by atoms with Crippen LogP contribution in [-0.2, 0) is 0 Å². The molecule has 0 amide bonds. The van der Waals surface area contributed by atoms with Gasteiger partial charge >= 0.3 is 0 Å². The lowest BCUT2D eigenvalue weighted by molar-refractivity contribution is 0.104. The van der Waals surface area contributed by atoms with Crippen LogP contribution in [0.3, 0.4) is 0 Å². The largest absolute Gasteiger partial charge is 0.454 e. The van der Waals surface area contributed by atoms with Gasteiger partial charge in [0.05, 0.1) is 11.3 Å². The van der Waals surface area contributed by atoms with Gasteiger partial charge in [0.1, 0.15) is 21.6 Å². The fourth-order valence-corrected chi connectivity index (χ4v) is 3.53. The quantitative estimate of drug-likeness (QED) is 0.687. The van der Waals surface area contributed by atoms with E-state index in [0.717, 1.165) is 11.3 Å². The summed E-state index contributed by atoms with van der Waals surface area (Å²) in [5, 5.41) is 9.60. The van der Waals surface area contributed by atoms with Crippen LogP contribution < -0.4 is 20.9 Å². The van der Waals surface area contributed by atoms with Gasteiger partial charge in [-0.3, -0.25) is 4.79 Å². The fraction of sp³-hybridized carbons (Fsp3) is 0.0625. The Kier molecular flexibility index (Phi) is 3.04. The number of rotatable bonds is 2. The van der Waals surface area contributed by atoms with E-state index in [9.17, 15) is 4.79 Å². The molecule has 3 aromatic rings. The van der Waals surface area contributed by atoms with E-state index in [-0.39, 0.29) is 24.0 Å². The molecular weight excluding hydrogens is 328 g/mol. The van der Waals surface area contributed by atoms with Gasteiger partial charge < -0.3 is 20.9 Å². The van der Waals surface area contributed by atoms with Crippen molar-refractivity contribution < 1.29 is 14.3 Å². The van der Waals surface area contributed by atoms with Crippen molar-refractivity contribution >= 4 is 38.8 Å². The predicted molar refractivity (Wildman–Crippen MR) is 89.2 cm³/mol. The van der Waals surface area contributed by atoms with Gasteiger partial charge in [-0.15, -0.1) is 11.3 Å². The number of aromatic nitrogens is 1. The Morgan fingerprint density at radius 3 is 2.83 bits per heavy atom. The van der Waals surface area contributed by atoms with Crippen LogP contribution in [0.5, 0.6) is 11.5 Å². The number of carbonyl (C=O) groups is 1. The molecule has 0 aliphatic carbocycles. The number of nitrogen functional groups attached to an aromatic ring is 2. The van der Waals surface area contributed by atoms with Crippen molar-refractivity contribution in [1.82, 2.24) is 4.98 Å². The zero-order valence-corrected chi connectivity index (χ0v) is 13.0. The van der Waals surface area contributed by atoms with Crippen molar-refractivity contribution in [3.8, 4) is 17.6 Å². The smallest absolute Gasteiger partial charge is 0.231 e. The number of pyridine rings is 1. The standard InChI is InChI=1S/C16H10N4O3S/c17-5-8-3-9-12(18)14(24-16(9)20-15(8)19)13(21)7-1-2-10-11(4-7)23-6-22-10/h1-4H,6,18H2,(H2,19,20). The van der Waals surface area contributed by atoms with Crippen LogP contribution in [0.4, 0.5) is 11.5 Å². The first-order valence-corrected chi connectivity index (χ1v) is 7.73. The fourth-order valence-electron chi connectivity index (χ4n) is 2.48. The Labute approximate surface area is 140 Å². The first-order chi connectivity index (χ1) is 11.6. The topological polar surface area (TPSA) is 124 Å². The highest BCUT2D eigenvalue weighted by Gasteiger charge is 2.22. The lowest BCUT2D eigenvalue weighted by atomic mass is 10.1. The number of nitrogens with zero attached hydrogens (tertiary/aromatic N) is 2. The Hall–Kier alpha value is -3.31. The molecule has 8 heteroatoms. The first-order valence-electron chi connectivity index (χ1n) is 6.91. The van der Waals surface area contributed by atoms with Crippen molar-refractivity contribution in [2.75, 3.05) is 18.3 Å². The van der Waals surface area contributed by atoms with Crippen molar-refractivity contribution in [3.05, 3.63) is 40.3 Å². The maximum absolute atomic E-state index is 12.8. The summed E-state index contributed by atoms with van der Waals surface area (Å²) >= 11 is 1.15. The number of thiophene rings is 1. The second-order valence-corrected chi connectivity index (χ2v) is 6.13. The zero-order chi connectivity index (χ0) is 16.8. The number of hydrogen-bond acceptors (Lipinski definition) is 8. The number of carbonyl (C=O) groups excluding carboxylic acids is 1. The van der Waals surface area contributed by atoms with Gasteiger partial charge in [-0.2, -0.15) is 5.26 Å². The number of anilines is 2. The molecule has 1 aliphatic rings. The molecule has 0 spiro atoms. The van der Waals surface area contributed by atoms with E-state index in [2.05, 4.69) is 4.98 Å². The number of ketones is 1. The summed E-state index contributed by atoms with van der Waals surface area (Å²) in [6.07, 6.45) is 0. The first kappa shape index (κ1) is 14.3. The summed E-state index contributed by atoms with van der Waals surface area (Å²) in [5.41, 5.74) is 12.8. The van der Waals surface area contributed by atoms with Gasteiger partial charge in [0, 0.05) is 10.9 Å². The van der Waals surface area contributed by atoms with E-state index in [0.29, 0.717) is 37.8 Å². The highest BCUT2D eigenvalue weighted by Crippen LogP contribution is 2.37. The van der Waals surface area contributed by atoms with E-state index in [1.165, 1.54) is 0 Å². The molecule has 3 heterocycles. The van der Waals surface area contributed by atoms with Crippen LogP contribution in [-0.4, -0.2) is 17.6 Å². The summed E-state index contributed by atoms with van der Waals surface area (Å²) in [5.74, 6) is 0.998. The summed E-state index contributed by atoms with van der Waals surface area (Å²) in [6, 6.07) is 8.48. The highest BCUT2D eigenvalue weighted by molar-refractivity contribution is 7.21. The van der Waals surface area contributed by atoms with Crippen LogP contribution >= 0.6 is 11.3 Å². The number of fused-ring (bicyclic) bond motifs is 2. The SMILES string of the molecule is N#Cc1cc2c(N)c(C(=O)c3ccc4c(c3)OCO4)sc2nc1N. The number of nitrogens with two attached hydrogens (primary N) is 2. The molecule has 4 rings (SSSR count). The van der Waals surface area contributed by atoms with Crippen molar-refractivity contribution in [1.29, 1.82) is 5.26 Å². The van der Waals surface area contributed by atoms with Gasteiger partial charge in [0.15, 0.2) is 11.5 Å². The van der Waals surface area contributed by atoms with Crippen LogP contribution in [0.1, 0.15) is 20.8 Å². The molecule has 1 aliphatic heterocycles. The second-order valence-electron chi connectivity index (χ2n) is 5.13. The average Bonchev–Trinajstić information content (AvgIpc) is 3.17. The minimum Gasteiger partial charge on any atom is -0.454 e. The Bertz CT molecular complexity index is 1050. The number of ether oxygens (including phenoxy) is 2. The van der Waals surface area contributed by atoms with Gasteiger partial charge in [0.25, 0.3) is 0 Å². The lowest BCUT2D eigenvalue weighted by Crippen LogP contribution is -2.02. The molecule has 0 bridgehead atoms. The Balaban J connectivity index is 1.83. The molecule has 4 N–H and O–H groups in total. The van der Waals surface area contributed by atoms with Crippen LogP contribution in [0, 0.1) is 11.3 Å². The lowest BCUT2D eigenvalue weighted by Gasteiger charge is -2.02. The summed E-state index contributed by atoms with van der Waals surface area (Å²) < 4.78 is 10.5. The minimum absolute atomic E-state index is 0.119. The van der Waals surface area contributed by atoms with E-state index in [1.54, 1.807) is 24.3 Å². The molecule has 0 saturated heterocycles. The van der Waals surface area contributed by atoms with E-state index in [1.807, 2.05) is 6.07 Å². The zero-order valence-electron chi connectivity index (χ0n) is 12.2. The molecular formula is C16H10N4O3S. The monoisotopic (exact) mass is 338 g/mol. The van der Waals surface area contributed by atoms with E-state index < -0.39 is 0 Å². The molecule has 0 saturated carbocycles. The molecule has 24 heavy (non-hydrogen) atoms. The summed E-state index contributed by atoms with van der Waals surface area (Å²) in [4.78, 5) is 17.8. The molecule has 0 radical (unpaired) electrons. The molecule has 0 fully saturated rings. The maximum atomic E-state index is 12.8. The van der Waals surface area contributed by atoms with Crippen LogP contribution in [0.15, 0.2) is 24.3 Å². The number of nitriles is 1. The van der Waals surface area contributed by atoms with Gasteiger partial charge in [-0.1, -0.05) is 0 Å². The highest BCUT2D eigenvalue weighted by atomic mass is 32.1. The molecule has 0 atom stereocenters. The van der Waals surface area contributed by atoms with Crippen LogP contribution in [0.25, 0.3) is 10.2 Å². The third kappa shape index (κ3) is 2.03. The predicted octanol–water partition coefficient (Wildman–Crippen LogP) is 2.29. The average molecular weight is 338 g/mol. The molecule has 2 aromatic heterocycles. The van der Waals surface area contributed by atoms with Gasteiger partial charge in [-0.05, 0) is 24.3 Å². The third-order valence-electron chi connectivity index (χ3n) is 3.71. The van der Waals surface area contributed by atoms with E-state index in [4.69, 9.17) is 26.2 Å². The molecule has 1 aromatic carbocycles. The second kappa shape index (κ2) is 5.11. The van der Waals surface area contributed by atoms with Gasteiger partial charge in [-0.25, -0.2) is 4.98 Å². The maximum Gasteiger partial charge on any atom is 0.231 e. The van der Waals surface area contributed by atoms with E-state index >= 15 is 0 Å². The van der Waals surface area contributed by atoms with Crippen molar-refractivity contribution in [2.45, 2.75) is 0 Å². The summed E-state index contributed by atoms with van der Waals surface area (Å²) in [7, 11) is 0. The molecule has 7 nitrogen and oxygen atoms in total. The molecule has 0 unspecified atom stereocenters. The van der Waals surface area contributed by atoms with Crippen LogP contribution in [0.2, 0.25) is 0 Å². The van der Waals surface area contributed by atoms with Crippen molar-refractivity contribution in [2.24, 2.45) is 0 Å². The minimum atomic E-state index is -0.245. The number of benzene rings is 1. The van der Waals surface area contributed by atoms with Crippen molar-refractivity contribution in [3.63, 3.8) is 0 Å². The Morgan fingerprint density at radius 2 is 2.04 bits per heavy atom. The Morgan fingerprint density at radius 1 is 1.25 bits per heavy atom. The number of hydrogen-bond donors (Lipinski definition) is 2. The summed E-state index contributed by atoms with van der Waals surface area (Å²) in [6.45, 7) is 0.137.